The molecule has 1 aliphatic rings. The zero-order chi connectivity index (χ0) is 14.5. The average Bonchev–Trinajstić information content (AvgIpc) is 2.47. The summed E-state index contributed by atoms with van der Waals surface area (Å²) in [5.41, 5.74) is 1.17. The number of hydrogen-bond donors (Lipinski definition) is 1. The molecule has 1 aromatic carbocycles. The lowest BCUT2D eigenvalue weighted by molar-refractivity contribution is -0.135. The number of carbonyl (C=O) groups is 2. The maximum atomic E-state index is 12.1. The molecule has 5 heteroatoms. The van der Waals surface area contributed by atoms with E-state index in [0.29, 0.717) is 13.1 Å². The minimum Gasteiger partial charge on any atom is -0.368 e. The van der Waals surface area contributed by atoms with E-state index in [1.54, 1.807) is 4.90 Å². The Bertz CT molecular complexity index is 467. The number of anilines is 1. The SMILES string of the molecule is [CH2]C(NC(C)=O)C(=O)N1CCN(c2ccccc2)CC1. The Morgan fingerprint density at radius 3 is 2.30 bits per heavy atom. The first kappa shape index (κ1) is 14.4. The van der Waals surface area contributed by atoms with E-state index in [4.69, 9.17) is 0 Å². The van der Waals surface area contributed by atoms with Crippen molar-refractivity contribution in [2.45, 2.75) is 13.0 Å². The predicted octanol–water partition coefficient (Wildman–Crippen LogP) is 0.674. The van der Waals surface area contributed by atoms with E-state index in [9.17, 15) is 9.59 Å². The van der Waals surface area contributed by atoms with E-state index >= 15 is 0 Å². The maximum Gasteiger partial charge on any atom is 0.245 e. The minimum atomic E-state index is -0.698. The summed E-state index contributed by atoms with van der Waals surface area (Å²) >= 11 is 0. The summed E-state index contributed by atoms with van der Waals surface area (Å²) in [6.07, 6.45) is 0. The Morgan fingerprint density at radius 1 is 1.15 bits per heavy atom. The molecular formula is C15H20N3O2. The molecule has 5 nitrogen and oxygen atoms in total. The van der Waals surface area contributed by atoms with Gasteiger partial charge in [-0.2, -0.15) is 0 Å². The molecular weight excluding hydrogens is 254 g/mol. The van der Waals surface area contributed by atoms with E-state index in [1.165, 1.54) is 12.6 Å². The van der Waals surface area contributed by atoms with Crippen molar-refractivity contribution >= 4 is 17.5 Å². The minimum absolute atomic E-state index is 0.118. The number of hydrogen-bond acceptors (Lipinski definition) is 3. The van der Waals surface area contributed by atoms with Crippen LogP contribution >= 0.6 is 0 Å². The Labute approximate surface area is 119 Å². The number of nitrogens with one attached hydrogen (secondary N) is 1. The number of rotatable bonds is 3. The molecule has 1 fully saturated rings. The van der Waals surface area contributed by atoms with Crippen LogP contribution in [0.4, 0.5) is 5.69 Å². The second-order valence-electron chi connectivity index (χ2n) is 4.90. The van der Waals surface area contributed by atoms with Gasteiger partial charge in [-0.15, -0.1) is 0 Å². The van der Waals surface area contributed by atoms with Gasteiger partial charge in [0.15, 0.2) is 0 Å². The van der Waals surface area contributed by atoms with Crippen LogP contribution in [0.25, 0.3) is 0 Å². The molecule has 0 aromatic heterocycles. The van der Waals surface area contributed by atoms with Gasteiger partial charge in [0.25, 0.3) is 0 Å². The summed E-state index contributed by atoms with van der Waals surface area (Å²) < 4.78 is 0. The largest absolute Gasteiger partial charge is 0.368 e. The fourth-order valence-corrected chi connectivity index (χ4v) is 2.35. The van der Waals surface area contributed by atoms with Crippen molar-refractivity contribution in [2.24, 2.45) is 0 Å². The topological polar surface area (TPSA) is 52.7 Å². The number of para-hydroxylation sites is 1. The quantitative estimate of drug-likeness (QED) is 0.881. The molecule has 1 radical (unpaired) electrons. The summed E-state index contributed by atoms with van der Waals surface area (Å²) in [4.78, 5) is 27.1. The van der Waals surface area contributed by atoms with Crippen LogP contribution in [0.5, 0.6) is 0 Å². The third kappa shape index (κ3) is 3.50. The molecule has 1 N–H and O–H groups in total. The van der Waals surface area contributed by atoms with Gasteiger partial charge in [-0.1, -0.05) is 18.2 Å². The molecule has 1 unspecified atom stereocenters. The van der Waals surface area contributed by atoms with E-state index in [2.05, 4.69) is 29.3 Å². The standard InChI is InChI=1S/C15H20N3O2/c1-12(16-13(2)19)15(20)18-10-8-17(9-11-18)14-6-4-3-5-7-14/h3-7,12H,1,8-11H2,2H3,(H,16,19). The molecule has 2 rings (SSSR count). The van der Waals surface area contributed by atoms with Crippen molar-refractivity contribution in [1.82, 2.24) is 10.2 Å². The first-order valence-corrected chi connectivity index (χ1v) is 6.77. The number of nitrogens with zero attached hydrogens (tertiary/aromatic N) is 2. The smallest absolute Gasteiger partial charge is 0.245 e. The van der Waals surface area contributed by atoms with Crippen molar-refractivity contribution in [2.75, 3.05) is 31.1 Å². The number of benzene rings is 1. The van der Waals surface area contributed by atoms with Crippen LogP contribution in [-0.4, -0.2) is 48.9 Å². The van der Waals surface area contributed by atoms with E-state index in [1.807, 2.05) is 18.2 Å². The lowest BCUT2D eigenvalue weighted by atomic mass is 10.2. The zero-order valence-electron chi connectivity index (χ0n) is 11.7. The monoisotopic (exact) mass is 274 g/mol. The van der Waals surface area contributed by atoms with Crippen molar-refractivity contribution in [3.8, 4) is 0 Å². The second kappa shape index (κ2) is 6.41. The van der Waals surface area contributed by atoms with Crippen molar-refractivity contribution in [1.29, 1.82) is 0 Å². The lowest BCUT2D eigenvalue weighted by Gasteiger charge is -2.37. The third-order valence-corrected chi connectivity index (χ3v) is 3.39. The van der Waals surface area contributed by atoms with Gasteiger partial charge in [0.05, 0.1) is 0 Å². The molecule has 2 amide bonds. The van der Waals surface area contributed by atoms with Crippen LogP contribution in [0.3, 0.4) is 0 Å². The average molecular weight is 274 g/mol. The summed E-state index contributed by atoms with van der Waals surface area (Å²) in [5, 5.41) is 2.53. The molecule has 1 aliphatic heterocycles. The molecule has 107 valence electrons. The Balaban J connectivity index is 1.88. The van der Waals surface area contributed by atoms with Gasteiger partial charge in [-0.05, 0) is 19.1 Å². The fraction of sp³-hybridized carbons (Fsp3) is 0.400. The number of carbonyl (C=O) groups excluding carboxylic acids is 2. The molecule has 1 heterocycles. The summed E-state index contributed by atoms with van der Waals surface area (Å²) in [7, 11) is 0. The molecule has 1 aromatic rings. The van der Waals surface area contributed by atoms with Gasteiger partial charge < -0.3 is 15.1 Å². The zero-order valence-corrected chi connectivity index (χ0v) is 11.7. The summed E-state index contributed by atoms with van der Waals surface area (Å²) in [6.45, 7) is 7.97. The van der Waals surface area contributed by atoms with Crippen molar-refractivity contribution < 1.29 is 9.59 Å². The highest BCUT2D eigenvalue weighted by Gasteiger charge is 2.25. The van der Waals surface area contributed by atoms with E-state index in [0.717, 1.165) is 13.1 Å². The van der Waals surface area contributed by atoms with Crippen LogP contribution in [0, 0.1) is 6.92 Å². The summed E-state index contributed by atoms with van der Waals surface area (Å²) in [5.74, 6) is -0.353. The maximum absolute atomic E-state index is 12.1. The molecule has 0 aliphatic carbocycles. The number of amides is 2. The van der Waals surface area contributed by atoms with Crippen LogP contribution < -0.4 is 10.2 Å². The molecule has 0 spiro atoms. The van der Waals surface area contributed by atoms with Crippen LogP contribution in [0.2, 0.25) is 0 Å². The van der Waals surface area contributed by atoms with E-state index < -0.39 is 6.04 Å². The van der Waals surface area contributed by atoms with E-state index in [-0.39, 0.29) is 11.8 Å². The molecule has 0 bridgehead atoms. The Morgan fingerprint density at radius 2 is 1.75 bits per heavy atom. The Hall–Kier alpha value is -2.04. The fourth-order valence-electron chi connectivity index (χ4n) is 2.35. The molecule has 0 saturated carbocycles. The first-order valence-electron chi connectivity index (χ1n) is 6.77. The normalized spacial score (nSPS) is 16.7. The van der Waals surface area contributed by atoms with Crippen molar-refractivity contribution in [3.63, 3.8) is 0 Å². The first-order chi connectivity index (χ1) is 9.58. The molecule has 20 heavy (non-hydrogen) atoms. The highest BCUT2D eigenvalue weighted by Crippen LogP contribution is 2.15. The van der Waals surface area contributed by atoms with Crippen molar-refractivity contribution in [3.05, 3.63) is 37.3 Å². The highest BCUT2D eigenvalue weighted by molar-refractivity contribution is 5.87. The predicted molar refractivity (Wildman–Crippen MR) is 78.2 cm³/mol. The van der Waals surface area contributed by atoms with Crippen LogP contribution in [-0.2, 0) is 9.59 Å². The van der Waals surface area contributed by atoms with Gasteiger partial charge in [0.2, 0.25) is 11.8 Å². The summed E-state index contributed by atoms with van der Waals surface area (Å²) in [6, 6.07) is 9.45. The van der Waals surface area contributed by atoms with Gasteiger partial charge in [0, 0.05) is 38.8 Å². The lowest BCUT2D eigenvalue weighted by Crippen LogP contribution is -2.54. The van der Waals surface area contributed by atoms with Gasteiger partial charge in [-0.25, -0.2) is 0 Å². The van der Waals surface area contributed by atoms with Crippen LogP contribution in [0.1, 0.15) is 6.92 Å². The highest BCUT2D eigenvalue weighted by atomic mass is 16.2. The number of piperazine rings is 1. The van der Waals surface area contributed by atoms with Gasteiger partial charge >= 0.3 is 0 Å². The molecule has 1 saturated heterocycles. The Kier molecular flexibility index (Phi) is 4.61. The van der Waals surface area contributed by atoms with Gasteiger partial charge in [0.1, 0.15) is 6.04 Å². The molecule has 1 atom stereocenters. The second-order valence-corrected chi connectivity index (χ2v) is 4.90. The van der Waals surface area contributed by atoms with Gasteiger partial charge in [-0.3, -0.25) is 9.59 Å². The third-order valence-electron chi connectivity index (χ3n) is 3.39. The van der Waals surface area contributed by atoms with Crippen LogP contribution in [0.15, 0.2) is 30.3 Å².